The number of rotatable bonds is 7. The van der Waals surface area contributed by atoms with Crippen molar-refractivity contribution < 1.29 is 30.4 Å². The van der Waals surface area contributed by atoms with Gasteiger partial charge in [-0.25, -0.2) is 19.9 Å². The third-order valence-corrected chi connectivity index (χ3v) is 11.9. The molecule has 10 rings (SSSR count). The number of aryl methyl sites for hydroxylation is 2. The molecule has 0 unspecified atom stereocenters. The quantitative estimate of drug-likeness (QED) is 0.117. The van der Waals surface area contributed by atoms with Crippen LogP contribution in [0.4, 0.5) is 17.1 Å². The maximum atomic E-state index is 7.20. The second kappa shape index (κ2) is 16.6. The number of aromatic nitrogens is 5. The first-order chi connectivity index (χ1) is 30.7. The molecule has 0 bridgehead atoms. The summed E-state index contributed by atoms with van der Waals surface area (Å²) < 4.78 is 13.4. The summed E-state index contributed by atoms with van der Waals surface area (Å²) in [5.74, 6) is 3.34. The van der Waals surface area contributed by atoms with Crippen molar-refractivity contribution in [3.63, 3.8) is 0 Å². The Kier molecular flexibility index (Phi) is 11.1. The van der Waals surface area contributed by atoms with E-state index in [0.29, 0.717) is 34.5 Å². The summed E-state index contributed by atoms with van der Waals surface area (Å²) in [6, 6.07) is 54.9. The smallest absolute Gasteiger partial charge is 0.508 e. The van der Waals surface area contributed by atoms with Gasteiger partial charge in [-0.2, -0.15) is 0 Å². The Labute approximate surface area is 395 Å². The molecule has 4 heterocycles. The molecule has 1 aliphatic heterocycles. The van der Waals surface area contributed by atoms with E-state index in [1.165, 1.54) is 5.56 Å². The van der Waals surface area contributed by atoms with Gasteiger partial charge in [0.05, 0.1) is 0 Å². The molecule has 0 N–H and O–H groups in total. The van der Waals surface area contributed by atoms with Gasteiger partial charge in [0, 0.05) is 46.5 Å². The molecule has 0 saturated carbocycles. The van der Waals surface area contributed by atoms with Gasteiger partial charge in [0.1, 0.15) is 17.3 Å². The van der Waals surface area contributed by atoms with E-state index < -0.39 is 0 Å². The molecule has 3 aromatic heterocycles. The van der Waals surface area contributed by atoms with Crippen molar-refractivity contribution in [3.8, 4) is 51.5 Å². The molecule has 0 radical (unpaired) electrons. The van der Waals surface area contributed by atoms with Crippen LogP contribution in [0.15, 0.2) is 134 Å². The first-order valence-electron chi connectivity index (χ1n) is 21.7. The summed E-state index contributed by atoms with van der Waals surface area (Å²) in [7, 11) is 2.01. The number of benzene rings is 6. The van der Waals surface area contributed by atoms with E-state index in [1.807, 2.05) is 34.5 Å². The zero-order valence-electron chi connectivity index (χ0n) is 38.1. The normalized spacial score (nSPS) is 12.5. The molecule has 1 aliphatic rings. The van der Waals surface area contributed by atoms with Gasteiger partial charge < -0.3 is 9.30 Å². The molecule has 65 heavy (non-hydrogen) atoms. The van der Waals surface area contributed by atoms with Gasteiger partial charge in [-0.05, 0) is 59.4 Å². The van der Waals surface area contributed by atoms with Crippen LogP contribution < -0.4 is 9.31 Å². The number of para-hydroxylation sites is 3. The SMILES string of the molecule is Cc1ccc(-c2nc(-c3ccc(C)cc3)nc(-c3cc4c5ccccc5n(-c5cc(C(C)(C)C)ccn5)c4[c-]c3Oc3[c-]c([N+]4=C=[N+](C)c5ccccc54)cc(C(C)(C)C)c3)n2)cc1.[Pt+2]. The van der Waals surface area contributed by atoms with Crippen molar-refractivity contribution in [2.24, 2.45) is 0 Å². The number of nitrogens with zero attached hydrogens (tertiary/aromatic N) is 7. The average molecular weight is 1030 g/mol. The topological polar surface area (TPSA) is 71.7 Å². The first-order valence-corrected chi connectivity index (χ1v) is 21.7. The molecule has 322 valence electrons. The van der Waals surface area contributed by atoms with Crippen molar-refractivity contribution in [2.45, 2.75) is 66.2 Å². The van der Waals surface area contributed by atoms with Crippen molar-refractivity contribution in [2.75, 3.05) is 7.05 Å². The third-order valence-electron chi connectivity index (χ3n) is 11.9. The summed E-state index contributed by atoms with van der Waals surface area (Å²) in [4.78, 5) is 20.5. The van der Waals surface area contributed by atoms with Crippen LogP contribution >= 0.6 is 0 Å². The summed E-state index contributed by atoms with van der Waals surface area (Å²) in [6.45, 7) is 17.4. The van der Waals surface area contributed by atoms with E-state index in [1.54, 1.807) is 0 Å². The summed E-state index contributed by atoms with van der Waals surface area (Å²) in [5, 5.41) is 2.01. The van der Waals surface area contributed by atoms with E-state index >= 15 is 0 Å². The van der Waals surface area contributed by atoms with Gasteiger partial charge in [-0.15, -0.1) is 29.1 Å². The summed E-state index contributed by atoms with van der Waals surface area (Å²) in [5.41, 5.74) is 11.4. The molecular weight excluding hydrogens is 982 g/mol. The number of hydrogen-bond donors (Lipinski definition) is 0. The molecule has 0 amide bonds. The number of hydrogen-bond acceptors (Lipinski definition) is 5. The van der Waals surface area contributed by atoms with Crippen LogP contribution in [0.3, 0.4) is 0 Å². The van der Waals surface area contributed by atoms with Crippen molar-refractivity contribution in [1.29, 1.82) is 0 Å². The largest absolute Gasteiger partial charge is 2.00 e. The fraction of sp³-hybridized carbons (Fsp3) is 0.196. The fourth-order valence-corrected chi connectivity index (χ4v) is 8.20. The minimum absolute atomic E-state index is 0. The monoisotopic (exact) mass is 1030 g/mol. The van der Waals surface area contributed by atoms with Crippen LogP contribution in [0.25, 0.3) is 61.8 Å². The van der Waals surface area contributed by atoms with Gasteiger partial charge in [-0.1, -0.05) is 158 Å². The molecule has 0 atom stereocenters. The molecule has 0 spiro atoms. The minimum atomic E-state index is -0.222. The average Bonchev–Trinajstić information content (AvgIpc) is 3.79. The zero-order valence-corrected chi connectivity index (χ0v) is 40.3. The molecule has 0 fully saturated rings. The zero-order chi connectivity index (χ0) is 44.5. The molecule has 9 heteroatoms. The molecule has 9 aromatic rings. The van der Waals surface area contributed by atoms with Crippen molar-refractivity contribution in [1.82, 2.24) is 29.1 Å². The van der Waals surface area contributed by atoms with Gasteiger partial charge in [0.25, 0.3) is 11.4 Å². The van der Waals surface area contributed by atoms with E-state index in [9.17, 15) is 0 Å². The minimum Gasteiger partial charge on any atom is -0.508 e. The second-order valence-electron chi connectivity index (χ2n) is 18.8. The number of pyridine rings is 1. The second-order valence-corrected chi connectivity index (χ2v) is 18.8. The molecule has 8 nitrogen and oxygen atoms in total. The number of fused-ring (bicyclic) bond motifs is 4. The number of ether oxygens (including phenoxy) is 1. The van der Waals surface area contributed by atoms with E-state index in [0.717, 1.165) is 72.5 Å². The molecule has 0 aliphatic carbocycles. The van der Waals surface area contributed by atoms with E-state index in [-0.39, 0.29) is 31.9 Å². The van der Waals surface area contributed by atoms with E-state index in [4.69, 9.17) is 24.7 Å². The summed E-state index contributed by atoms with van der Waals surface area (Å²) in [6.07, 6.45) is 1.89. The van der Waals surface area contributed by atoms with Crippen LogP contribution in [0.5, 0.6) is 11.5 Å². The van der Waals surface area contributed by atoms with Gasteiger partial charge in [-0.3, -0.25) is 0 Å². The molecule has 6 aromatic carbocycles. The predicted octanol–water partition coefficient (Wildman–Crippen LogP) is 13.3. The Balaban J connectivity index is 0.00000533. The van der Waals surface area contributed by atoms with Gasteiger partial charge in [0.2, 0.25) is 0 Å². The van der Waals surface area contributed by atoms with Crippen molar-refractivity contribution in [3.05, 3.63) is 168 Å². The van der Waals surface area contributed by atoms with Crippen molar-refractivity contribution >= 4 is 44.9 Å². The van der Waals surface area contributed by atoms with Crippen LogP contribution in [0, 0.1) is 26.0 Å². The molecule has 0 saturated heterocycles. The fourth-order valence-electron chi connectivity index (χ4n) is 8.20. The Morgan fingerprint density at radius 1 is 0.615 bits per heavy atom. The van der Waals surface area contributed by atoms with E-state index in [2.05, 4.69) is 193 Å². The summed E-state index contributed by atoms with van der Waals surface area (Å²) >= 11 is 0. The van der Waals surface area contributed by atoms with Crippen LogP contribution in [-0.2, 0) is 31.9 Å². The third kappa shape index (κ3) is 8.25. The maximum Gasteiger partial charge on any atom is 2.00 e. The van der Waals surface area contributed by atoms with Crippen LogP contribution in [0.2, 0.25) is 0 Å². The van der Waals surface area contributed by atoms with Crippen LogP contribution in [0.1, 0.15) is 63.8 Å². The molecular formula is C56H49N7OPt+2. The maximum absolute atomic E-state index is 7.20. The Bertz CT molecular complexity index is 3320. The predicted molar refractivity (Wildman–Crippen MR) is 258 cm³/mol. The first kappa shape index (κ1) is 43.4. The Morgan fingerprint density at radius 2 is 1.22 bits per heavy atom. The Morgan fingerprint density at radius 3 is 1.86 bits per heavy atom. The Hall–Kier alpha value is -6.85. The van der Waals surface area contributed by atoms with Gasteiger partial charge >= 0.3 is 27.1 Å². The standard InChI is InChI=1S/C56H49N7O.Pt/c1-35-18-22-37(23-19-35)52-58-53(38-24-20-36(2)21-25-38)60-54(59-52)45-32-44-43-14-10-11-15-46(43)63(51-30-39(26-27-57-51)55(3,4)5)49(44)33-50(45)64-42-29-40(56(6,7)8)28-41(31-42)62-34-61(9)47-16-12-13-17-48(47)62;/h10-30,32H,1-9H3;/q;+2. The van der Waals surface area contributed by atoms with Gasteiger partial charge in [0.15, 0.2) is 18.7 Å². The van der Waals surface area contributed by atoms with Crippen LogP contribution in [-0.4, -0.2) is 42.1 Å².